The molecule has 1 aromatic heterocycles. The summed E-state index contributed by atoms with van der Waals surface area (Å²) < 4.78 is 0. The van der Waals surface area contributed by atoms with Gasteiger partial charge < -0.3 is 5.32 Å². The van der Waals surface area contributed by atoms with Gasteiger partial charge in [0.2, 0.25) is 0 Å². The van der Waals surface area contributed by atoms with E-state index in [2.05, 4.69) is 43.7 Å². The van der Waals surface area contributed by atoms with E-state index in [1.165, 1.54) is 43.4 Å². The molecule has 0 aliphatic heterocycles. The third-order valence-electron chi connectivity index (χ3n) is 4.61. The molecule has 0 bridgehead atoms. The van der Waals surface area contributed by atoms with Crippen LogP contribution in [-0.4, -0.2) is 13.1 Å². The molecule has 0 saturated heterocycles. The maximum atomic E-state index is 3.57. The summed E-state index contributed by atoms with van der Waals surface area (Å²) in [7, 11) is 2.14. The van der Waals surface area contributed by atoms with Gasteiger partial charge in [-0.25, -0.2) is 0 Å². The zero-order valence-electron chi connectivity index (χ0n) is 12.0. The zero-order valence-corrected chi connectivity index (χ0v) is 12.9. The fourth-order valence-electron chi connectivity index (χ4n) is 3.19. The Kier molecular flexibility index (Phi) is 4.85. The summed E-state index contributed by atoms with van der Waals surface area (Å²) in [5.41, 5.74) is 0.586. The quantitative estimate of drug-likeness (QED) is 0.827. The van der Waals surface area contributed by atoms with Crippen LogP contribution in [0.2, 0.25) is 0 Å². The predicted molar refractivity (Wildman–Crippen MR) is 81.2 cm³/mol. The van der Waals surface area contributed by atoms with Crippen molar-refractivity contribution >= 4 is 11.3 Å². The van der Waals surface area contributed by atoms with Crippen LogP contribution in [0.4, 0.5) is 0 Å². The van der Waals surface area contributed by atoms with Crippen LogP contribution in [0.5, 0.6) is 0 Å². The number of hydrogen-bond acceptors (Lipinski definition) is 2. The molecule has 1 heterocycles. The van der Waals surface area contributed by atoms with E-state index in [4.69, 9.17) is 0 Å². The van der Waals surface area contributed by atoms with Gasteiger partial charge in [-0.05, 0) is 68.4 Å². The molecule has 1 aliphatic carbocycles. The van der Waals surface area contributed by atoms with Gasteiger partial charge in [-0.15, -0.1) is 11.3 Å². The van der Waals surface area contributed by atoms with Crippen molar-refractivity contribution in [2.24, 2.45) is 11.3 Å². The molecule has 1 atom stereocenters. The molecule has 102 valence electrons. The Bertz CT molecular complexity index is 332. The molecule has 1 aromatic rings. The summed E-state index contributed by atoms with van der Waals surface area (Å²) >= 11 is 1.89. The maximum absolute atomic E-state index is 3.57. The van der Waals surface area contributed by atoms with Crippen molar-refractivity contribution < 1.29 is 0 Å². The second-order valence-corrected chi connectivity index (χ2v) is 7.55. The van der Waals surface area contributed by atoms with Gasteiger partial charge in [0.1, 0.15) is 0 Å². The fourth-order valence-corrected chi connectivity index (χ4v) is 3.92. The van der Waals surface area contributed by atoms with Gasteiger partial charge in [0.15, 0.2) is 0 Å². The summed E-state index contributed by atoms with van der Waals surface area (Å²) in [4.78, 5) is 1.53. The van der Waals surface area contributed by atoms with Gasteiger partial charge >= 0.3 is 0 Å². The summed E-state index contributed by atoms with van der Waals surface area (Å²) in [5.74, 6) is 0.892. The second-order valence-electron chi connectivity index (χ2n) is 6.51. The highest BCUT2D eigenvalue weighted by molar-refractivity contribution is 7.09. The lowest BCUT2D eigenvalue weighted by molar-refractivity contribution is 0.160. The van der Waals surface area contributed by atoms with Gasteiger partial charge in [-0.2, -0.15) is 0 Å². The first-order chi connectivity index (χ1) is 8.61. The maximum Gasteiger partial charge on any atom is 0.00957 e. The van der Waals surface area contributed by atoms with Gasteiger partial charge in [0.25, 0.3) is 0 Å². The van der Waals surface area contributed by atoms with Crippen molar-refractivity contribution in [3.05, 3.63) is 22.4 Å². The van der Waals surface area contributed by atoms with Crippen LogP contribution in [0.25, 0.3) is 0 Å². The lowest BCUT2D eigenvalue weighted by atomic mass is 9.70. The number of aryl methyl sites for hydroxylation is 1. The predicted octanol–water partition coefficient (Wildman–Crippen LogP) is 4.49. The van der Waals surface area contributed by atoms with E-state index in [-0.39, 0.29) is 0 Å². The standard InChI is InChI=1S/C16H27NS/c1-16(2)10-8-13(9-11-16)15(17-3)7-6-14-5-4-12-18-14/h4-5,12-13,15,17H,6-11H2,1-3H3. The molecule has 1 fully saturated rings. The summed E-state index contributed by atoms with van der Waals surface area (Å²) in [5, 5.41) is 5.75. The monoisotopic (exact) mass is 265 g/mol. The molecule has 1 nitrogen and oxygen atoms in total. The molecule has 1 unspecified atom stereocenters. The average Bonchev–Trinajstić information content (AvgIpc) is 2.84. The van der Waals surface area contributed by atoms with Crippen molar-refractivity contribution in [3.63, 3.8) is 0 Å². The molecule has 1 N–H and O–H groups in total. The van der Waals surface area contributed by atoms with E-state index in [0.29, 0.717) is 11.5 Å². The Morgan fingerprint density at radius 1 is 1.39 bits per heavy atom. The Morgan fingerprint density at radius 3 is 2.67 bits per heavy atom. The normalized spacial score (nSPS) is 21.9. The largest absolute Gasteiger partial charge is 0.317 e. The lowest BCUT2D eigenvalue weighted by Gasteiger charge is -2.38. The minimum atomic E-state index is 0.586. The van der Waals surface area contributed by atoms with E-state index in [1.807, 2.05) is 11.3 Å². The Morgan fingerprint density at radius 2 is 2.11 bits per heavy atom. The molecular formula is C16H27NS. The first-order valence-electron chi connectivity index (χ1n) is 7.30. The van der Waals surface area contributed by atoms with Crippen LogP contribution >= 0.6 is 11.3 Å². The van der Waals surface area contributed by atoms with Crippen LogP contribution in [0.15, 0.2) is 17.5 Å². The summed E-state index contributed by atoms with van der Waals surface area (Å²) in [6.07, 6.45) is 8.14. The number of rotatable bonds is 5. The SMILES string of the molecule is CNC(CCc1cccs1)C1CCC(C)(C)CC1. The second kappa shape index (κ2) is 6.21. The van der Waals surface area contributed by atoms with Crippen molar-refractivity contribution in [1.82, 2.24) is 5.32 Å². The third kappa shape index (κ3) is 3.83. The topological polar surface area (TPSA) is 12.0 Å². The molecule has 0 radical (unpaired) electrons. The number of thiophene rings is 1. The van der Waals surface area contributed by atoms with Gasteiger partial charge in [0, 0.05) is 10.9 Å². The van der Waals surface area contributed by atoms with Crippen LogP contribution < -0.4 is 5.32 Å². The number of nitrogens with one attached hydrogen (secondary N) is 1. The molecule has 0 spiro atoms. The highest BCUT2D eigenvalue weighted by atomic mass is 32.1. The fraction of sp³-hybridized carbons (Fsp3) is 0.750. The molecule has 2 heteroatoms. The van der Waals surface area contributed by atoms with Crippen LogP contribution in [0.1, 0.15) is 50.8 Å². The lowest BCUT2D eigenvalue weighted by Crippen LogP contribution is -2.37. The third-order valence-corrected chi connectivity index (χ3v) is 5.54. The minimum absolute atomic E-state index is 0.586. The Balaban J connectivity index is 1.82. The Labute approximate surface area is 116 Å². The highest BCUT2D eigenvalue weighted by Gasteiger charge is 2.30. The van der Waals surface area contributed by atoms with Gasteiger partial charge in [-0.3, -0.25) is 0 Å². The molecule has 1 aliphatic rings. The van der Waals surface area contributed by atoms with Gasteiger partial charge in [0.05, 0.1) is 0 Å². The van der Waals surface area contributed by atoms with Crippen molar-refractivity contribution in [2.75, 3.05) is 7.05 Å². The number of hydrogen-bond donors (Lipinski definition) is 1. The van der Waals surface area contributed by atoms with Crippen molar-refractivity contribution in [3.8, 4) is 0 Å². The van der Waals surface area contributed by atoms with Crippen LogP contribution in [0, 0.1) is 11.3 Å². The van der Waals surface area contributed by atoms with E-state index in [9.17, 15) is 0 Å². The smallest absolute Gasteiger partial charge is 0.00957 e. The zero-order chi connectivity index (χ0) is 13.0. The van der Waals surface area contributed by atoms with Crippen molar-refractivity contribution in [2.45, 2.75) is 58.4 Å². The molecule has 18 heavy (non-hydrogen) atoms. The van der Waals surface area contributed by atoms with Crippen molar-refractivity contribution in [1.29, 1.82) is 0 Å². The summed E-state index contributed by atoms with van der Waals surface area (Å²) in [6.45, 7) is 4.84. The van der Waals surface area contributed by atoms with E-state index < -0.39 is 0 Å². The first kappa shape index (κ1) is 14.1. The molecule has 2 rings (SSSR count). The van der Waals surface area contributed by atoms with E-state index in [0.717, 1.165) is 5.92 Å². The molecular weight excluding hydrogens is 238 g/mol. The van der Waals surface area contributed by atoms with Crippen LogP contribution in [-0.2, 0) is 6.42 Å². The van der Waals surface area contributed by atoms with E-state index in [1.54, 1.807) is 0 Å². The molecule has 1 saturated carbocycles. The highest BCUT2D eigenvalue weighted by Crippen LogP contribution is 2.39. The first-order valence-corrected chi connectivity index (χ1v) is 8.18. The average molecular weight is 265 g/mol. The Hall–Kier alpha value is -0.340. The minimum Gasteiger partial charge on any atom is -0.317 e. The van der Waals surface area contributed by atoms with E-state index >= 15 is 0 Å². The molecule has 0 aromatic carbocycles. The van der Waals surface area contributed by atoms with Crippen LogP contribution in [0.3, 0.4) is 0 Å². The van der Waals surface area contributed by atoms with Gasteiger partial charge in [-0.1, -0.05) is 19.9 Å². The molecule has 0 amide bonds. The summed E-state index contributed by atoms with van der Waals surface area (Å²) in [6, 6.07) is 5.14.